The molecule has 6 heteroatoms. The summed E-state index contributed by atoms with van der Waals surface area (Å²) in [4.78, 5) is 21.6. The third kappa shape index (κ3) is 512. The molecule has 0 aromatic heterocycles. The molecule has 0 rings (SSSR count). The van der Waals surface area contributed by atoms with Crippen LogP contribution in [0, 0.1) is 0 Å². The first-order chi connectivity index (χ1) is 3.41. The summed E-state index contributed by atoms with van der Waals surface area (Å²) in [5.41, 5.74) is 0. The smallest absolute Gasteiger partial charge is 0.303 e. The lowest BCUT2D eigenvalue weighted by Crippen LogP contribution is -1.66. The topological polar surface area (TPSA) is 77.8 Å². The Bertz CT molecular complexity index is 69.8. The van der Waals surface area contributed by atoms with Gasteiger partial charge in [0.05, 0.1) is 0 Å². The largest absolute Gasteiger partial charge is 0.466 e. The molecule has 0 spiro atoms. The van der Waals surface area contributed by atoms with Gasteiger partial charge in [0.15, 0.2) is 0 Å². The maximum atomic E-state index is 8.88. The minimum atomic E-state index is -4.64. The van der Waals surface area contributed by atoms with Crippen molar-refractivity contribution in [3.8, 4) is 0 Å². The van der Waals surface area contributed by atoms with Gasteiger partial charge in [-0.1, -0.05) is 6.92 Å². The molecular weight excluding hydrogens is 146 g/mol. The summed E-state index contributed by atoms with van der Waals surface area (Å²) in [5.74, 6) is 0. The summed E-state index contributed by atoms with van der Waals surface area (Å²) >= 11 is 1.37. The van der Waals surface area contributed by atoms with Gasteiger partial charge in [-0.05, 0) is 0 Å². The van der Waals surface area contributed by atoms with Crippen molar-refractivity contribution in [2.24, 2.45) is 0 Å². The minimum absolute atomic E-state index is 1.37. The van der Waals surface area contributed by atoms with Gasteiger partial charge < -0.3 is 14.7 Å². The molecule has 0 saturated heterocycles. The normalized spacial score (nSPS) is 9.50. The molecule has 0 aliphatic rings. The first-order valence-corrected chi connectivity index (χ1v) is 5.18. The zero-order valence-electron chi connectivity index (χ0n) is 4.90. The van der Waals surface area contributed by atoms with Crippen molar-refractivity contribution in [1.82, 2.24) is 0 Å². The van der Waals surface area contributed by atoms with Crippen molar-refractivity contribution in [2.75, 3.05) is 0 Å². The Morgan fingerprint density at radius 2 is 1.50 bits per heavy atom. The molecule has 0 radical (unpaired) electrons. The monoisotopic (exact) mass is 156 g/mol. The highest BCUT2D eigenvalue weighted by molar-refractivity contribution is 7.45. The predicted octanol–water partition coefficient (Wildman–Crippen LogP) is -0.871. The summed E-state index contributed by atoms with van der Waals surface area (Å²) in [6.07, 6.45) is 0. The van der Waals surface area contributed by atoms with Gasteiger partial charge in [-0.15, -0.1) is 5.28 Å². The lowest BCUT2D eigenvalue weighted by atomic mass is 11.0. The van der Waals surface area contributed by atoms with E-state index in [1.165, 1.54) is 21.6 Å². The SMILES string of the molecule is C[CH2][AlH2].O=P(O)(O)O. The van der Waals surface area contributed by atoms with Crippen molar-refractivity contribution in [1.29, 1.82) is 0 Å². The molecule has 0 aliphatic carbocycles. The first-order valence-electron chi connectivity index (χ1n) is 2.20. The van der Waals surface area contributed by atoms with Crippen LogP contribution >= 0.6 is 7.82 Å². The molecule has 0 bridgehead atoms. The molecule has 0 unspecified atom stereocenters. The van der Waals surface area contributed by atoms with Gasteiger partial charge in [0.25, 0.3) is 0 Å². The number of hydrogen-bond acceptors (Lipinski definition) is 1. The second-order valence-corrected chi connectivity index (χ2v) is 3.66. The van der Waals surface area contributed by atoms with Gasteiger partial charge in [-0.3, -0.25) is 0 Å². The van der Waals surface area contributed by atoms with Gasteiger partial charge in [0.2, 0.25) is 16.3 Å². The molecule has 3 N–H and O–H groups in total. The quantitative estimate of drug-likeness (QED) is 0.314. The Labute approximate surface area is 56.2 Å². The molecule has 50 valence electrons. The Hall–Kier alpha value is 0.642. The van der Waals surface area contributed by atoms with Crippen LogP contribution in [0.15, 0.2) is 0 Å². The molecule has 0 aliphatic heterocycles. The zero-order chi connectivity index (χ0) is 7.21. The van der Waals surface area contributed by atoms with Crippen molar-refractivity contribution in [3.05, 3.63) is 0 Å². The maximum absolute atomic E-state index is 8.88. The number of hydrogen-bond donors (Lipinski definition) is 3. The fourth-order valence-corrected chi connectivity index (χ4v) is 0. The fourth-order valence-electron chi connectivity index (χ4n) is 0. The number of phosphoric acid groups is 1. The van der Waals surface area contributed by atoms with E-state index in [0.717, 1.165) is 0 Å². The van der Waals surface area contributed by atoms with Crippen LogP contribution in [0.25, 0.3) is 0 Å². The Balaban J connectivity index is 0. The van der Waals surface area contributed by atoms with Crippen LogP contribution in [0.3, 0.4) is 0 Å². The van der Waals surface area contributed by atoms with Crippen LogP contribution in [0.5, 0.6) is 0 Å². The highest BCUT2D eigenvalue weighted by Gasteiger charge is 2.00. The van der Waals surface area contributed by atoms with E-state index in [4.69, 9.17) is 19.2 Å². The summed E-state index contributed by atoms with van der Waals surface area (Å²) in [7, 11) is -4.64. The highest BCUT2D eigenvalue weighted by atomic mass is 31.2. The van der Waals surface area contributed by atoms with Gasteiger partial charge in [0.1, 0.15) is 0 Å². The van der Waals surface area contributed by atoms with Crippen LogP contribution in [-0.2, 0) is 4.57 Å². The Morgan fingerprint density at radius 1 is 1.50 bits per heavy atom. The molecule has 0 aromatic carbocycles. The van der Waals surface area contributed by atoms with Crippen LogP contribution in [0.4, 0.5) is 0 Å². The second-order valence-electron chi connectivity index (χ2n) is 1.22. The van der Waals surface area contributed by atoms with Gasteiger partial charge in [-0.25, -0.2) is 4.57 Å². The first kappa shape index (κ1) is 11.4. The molecule has 4 nitrogen and oxygen atoms in total. The number of rotatable bonds is 0. The minimum Gasteiger partial charge on any atom is -0.303 e. The van der Waals surface area contributed by atoms with E-state index in [-0.39, 0.29) is 0 Å². The predicted molar refractivity (Wildman–Crippen MR) is 33.3 cm³/mol. The zero-order valence-corrected chi connectivity index (χ0v) is 7.80. The van der Waals surface area contributed by atoms with E-state index < -0.39 is 7.82 Å². The summed E-state index contributed by atoms with van der Waals surface area (Å²) in [6, 6.07) is 0. The van der Waals surface area contributed by atoms with E-state index in [1.807, 2.05) is 0 Å². The molecule has 0 aromatic rings. The molecular formula is C2H10AlO4P. The van der Waals surface area contributed by atoms with Crippen molar-refractivity contribution >= 4 is 24.1 Å². The van der Waals surface area contributed by atoms with Crippen molar-refractivity contribution in [2.45, 2.75) is 12.2 Å². The molecule has 0 amide bonds. The molecule has 8 heavy (non-hydrogen) atoms. The second kappa shape index (κ2) is 5.77. The summed E-state index contributed by atoms with van der Waals surface area (Å²) in [6.45, 7) is 2.19. The third-order valence-corrected chi connectivity index (χ3v) is 0. The summed E-state index contributed by atoms with van der Waals surface area (Å²) in [5, 5.41) is 1.39. The summed E-state index contributed by atoms with van der Waals surface area (Å²) < 4.78 is 8.88. The molecule has 0 saturated carbocycles. The van der Waals surface area contributed by atoms with E-state index in [0.29, 0.717) is 0 Å². The van der Waals surface area contributed by atoms with E-state index in [9.17, 15) is 0 Å². The van der Waals surface area contributed by atoms with Gasteiger partial charge in [-0.2, -0.15) is 0 Å². The standard InChI is InChI=1S/C2H5.Al.H3O4P.2H/c1-2;;1-5(2,3)4;;/h1H2,2H3;;(H3,1,2,3,4);;. The molecule has 0 atom stereocenters. The van der Waals surface area contributed by atoms with Gasteiger partial charge in [0, 0.05) is 0 Å². The van der Waals surface area contributed by atoms with Gasteiger partial charge >= 0.3 is 7.82 Å². The lowest BCUT2D eigenvalue weighted by molar-refractivity contribution is 0.275. The lowest BCUT2D eigenvalue weighted by Gasteiger charge is -1.82. The van der Waals surface area contributed by atoms with E-state index >= 15 is 0 Å². The Morgan fingerprint density at radius 3 is 1.50 bits per heavy atom. The van der Waals surface area contributed by atoms with E-state index in [2.05, 4.69) is 6.92 Å². The van der Waals surface area contributed by atoms with Crippen LogP contribution < -0.4 is 0 Å². The third-order valence-electron chi connectivity index (χ3n) is 0. The molecule has 0 fully saturated rings. The van der Waals surface area contributed by atoms with Crippen LogP contribution in [0.1, 0.15) is 6.92 Å². The average molecular weight is 156 g/mol. The fraction of sp³-hybridized carbons (Fsp3) is 1.00. The molecule has 0 heterocycles. The Kier molecular flexibility index (Phi) is 8.26. The van der Waals surface area contributed by atoms with Crippen molar-refractivity contribution < 1.29 is 19.2 Å². The highest BCUT2D eigenvalue weighted by Crippen LogP contribution is 2.25. The van der Waals surface area contributed by atoms with Crippen molar-refractivity contribution in [3.63, 3.8) is 0 Å². The maximum Gasteiger partial charge on any atom is 0.466 e. The van der Waals surface area contributed by atoms with Crippen LogP contribution in [0.2, 0.25) is 5.28 Å². The van der Waals surface area contributed by atoms with Crippen LogP contribution in [-0.4, -0.2) is 31.0 Å². The van der Waals surface area contributed by atoms with E-state index in [1.54, 1.807) is 0 Å². The average Bonchev–Trinajstić information content (AvgIpc) is 1.27.